The Hall–Kier alpha value is -15.1. The Bertz CT molecular complexity index is 7890. The quantitative estimate of drug-likeness (QED) is 0.0689. The molecule has 0 saturated carbocycles. The van der Waals surface area contributed by atoms with Gasteiger partial charge in [0.05, 0.1) is 45.7 Å². The van der Waals surface area contributed by atoms with Crippen LogP contribution in [0.1, 0.15) is 80.1 Å². The molecule has 10 nitrogen and oxygen atoms in total. The van der Waals surface area contributed by atoms with E-state index in [1.807, 2.05) is 95.7 Å². The number of fused-ring (bicyclic) bond motifs is 12. The van der Waals surface area contributed by atoms with Gasteiger partial charge in [-0.3, -0.25) is 15.0 Å². The normalized spacial score (nSPS) is 11.9. The van der Waals surface area contributed by atoms with Gasteiger partial charge >= 0.3 is 0 Å². The fourth-order valence-corrected chi connectivity index (χ4v) is 20.1. The first kappa shape index (κ1) is 93.2. The summed E-state index contributed by atoms with van der Waals surface area (Å²) in [5, 5.41) is 24.5. The monoisotopic (exact) mass is 1970 g/mol. The molecule has 23 rings (SSSR count). The van der Waals surface area contributed by atoms with Crippen molar-refractivity contribution in [3.8, 4) is 134 Å². The van der Waals surface area contributed by atoms with Crippen LogP contribution in [0.5, 0.6) is 0 Å². The van der Waals surface area contributed by atoms with Crippen LogP contribution in [0.4, 0.5) is 0 Å². The number of hydrogen-bond donors (Lipinski definition) is 2. The van der Waals surface area contributed by atoms with E-state index >= 15 is 0 Å². The van der Waals surface area contributed by atoms with E-state index < -0.39 is 6.10 Å². The van der Waals surface area contributed by atoms with E-state index in [1.54, 1.807) is 25.9 Å². The van der Waals surface area contributed by atoms with Gasteiger partial charge in [0.15, 0.2) is 0 Å². The van der Waals surface area contributed by atoms with E-state index in [4.69, 9.17) is 20.2 Å². The van der Waals surface area contributed by atoms with E-state index in [0.717, 1.165) is 83.8 Å². The number of aliphatic hydroxyl groups excluding tert-OH is 2. The predicted molar refractivity (Wildman–Crippen MR) is 565 cm³/mol. The van der Waals surface area contributed by atoms with Crippen LogP contribution < -0.4 is 0 Å². The van der Waals surface area contributed by atoms with Gasteiger partial charge in [0.2, 0.25) is 0 Å². The SMILES string of the molecule is C.C.CC(C)(C)c1cc(-c2[c-]cccc2)ncn1.CC(O)=CC(C)O.CC1(C)c2ccccc2-c2ccc(-c3cc(-c4cccc(-c5cccc(-c6cccc7c6sc6ccccc67)c5)c4)ncn3)cc21.[Ir].c1ccc(-c2cc(-c3cccc(-c4cccc(-c5cccc6c5sc5ccccc56)c4)c3)ncn2)cc1.c1ccc(-c2ccnc3c2ccc2c(-c4ccccc4)ccnc23)cc1. The molecule has 0 saturated heterocycles. The summed E-state index contributed by atoms with van der Waals surface area (Å²) in [6.45, 7) is 14.2. The van der Waals surface area contributed by atoms with Crippen molar-refractivity contribution in [2.75, 3.05) is 0 Å². The molecule has 2 N–H and O–H groups in total. The van der Waals surface area contributed by atoms with E-state index in [0.29, 0.717) is 0 Å². The molecule has 7 heterocycles. The molecule has 7 aromatic heterocycles. The van der Waals surface area contributed by atoms with Crippen LogP contribution in [-0.4, -0.2) is 56.2 Å². The van der Waals surface area contributed by atoms with Gasteiger partial charge in [-0.05, 0) is 181 Å². The first-order valence-electron chi connectivity index (χ1n) is 44.3. The minimum atomic E-state index is -0.537. The number of pyridine rings is 2. The molecule has 1 aliphatic rings. The molecule has 0 bridgehead atoms. The zero-order chi connectivity index (χ0) is 90.2. The van der Waals surface area contributed by atoms with Crippen LogP contribution in [0.25, 0.3) is 196 Å². The van der Waals surface area contributed by atoms with Crippen LogP contribution in [-0.2, 0) is 30.9 Å². The van der Waals surface area contributed by atoms with Crippen molar-refractivity contribution in [1.82, 2.24) is 39.9 Å². The summed E-state index contributed by atoms with van der Waals surface area (Å²) in [4.78, 5) is 36.4. The molecule has 13 heteroatoms. The Morgan fingerprint density at radius 3 is 1.17 bits per heavy atom. The van der Waals surface area contributed by atoms with Crippen molar-refractivity contribution >= 4 is 84.8 Å². The number of thiophene rings is 2. The summed E-state index contributed by atoms with van der Waals surface area (Å²) in [5.41, 5.74) is 32.8. The summed E-state index contributed by atoms with van der Waals surface area (Å²) < 4.78 is 5.33. The standard InChI is InChI=1S/C43H30N2S.C34H22N2S.C24H16N2.C14H15N2.C5H10O2.2CH4.Ir/c1-43(2)37-18-5-3-14-33(37)34-21-20-31(24-38(34)43)40-25-39(44-26-45-40)30-13-8-11-28(23-30)27-10-7-12-29(22-27)32-16-9-17-36-35-15-4-6-19-41(35)46-42(32)36;1-2-9-23(10-3-1)31-21-32(36-22-35-31)27-14-7-12-25(20-27)24-11-6-13-26(19-24)28-16-8-17-30-29-15-4-5-18-33(29)37-34(28)30;1-3-7-17(8-4-1)19-13-15-25-23-21(19)11-12-22-20(14-16-26-24(22)23)18-9-5-2-6-10-18;1-14(2,3)13-9-12(15-10-16-13)11-7-5-4-6-8-11;1-4(6)3-5(2)7;;;/h3-26H,1-2H3;1-22H;1-16H;4-7,9-10H,1-3H3;3-4,6-7H,1-2H3;2*1H4;/q;;;-1;;;;. The Morgan fingerprint density at radius 2 is 0.704 bits per heavy atom. The second-order valence-electron chi connectivity index (χ2n) is 34.4. The third-order valence-electron chi connectivity index (χ3n) is 24.1. The van der Waals surface area contributed by atoms with Crippen LogP contribution in [0.2, 0.25) is 0 Å². The Kier molecular flexibility index (Phi) is 28.6. The molecule has 15 aromatic carbocycles. The van der Waals surface area contributed by atoms with Crippen molar-refractivity contribution < 1.29 is 30.3 Å². The van der Waals surface area contributed by atoms with Gasteiger partial charge in [0.1, 0.15) is 19.0 Å². The maximum atomic E-state index is 8.49. The molecule has 663 valence electrons. The fourth-order valence-electron chi connectivity index (χ4n) is 17.6. The average Bonchev–Trinajstić information content (AvgIpc) is 1.58. The van der Waals surface area contributed by atoms with E-state index in [1.165, 1.54) is 142 Å². The molecular weight excluding hydrogens is 1870 g/mol. The van der Waals surface area contributed by atoms with Gasteiger partial charge in [-0.15, -0.1) is 58.6 Å². The minimum Gasteiger partial charge on any atom is -0.513 e. The second kappa shape index (κ2) is 41.4. The number of nitrogens with zero attached hydrogens (tertiary/aromatic N) is 8. The summed E-state index contributed by atoms with van der Waals surface area (Å²) in [7, 11) is 0. The van der Waals surface area contributed by atoms with Crippen molar-refractivity contribution in [3.05, 3.63) is 448 Å². The van der Waals surface area contributed by atoms with Crippen LogP contribution in [0.3, 0.4) is 0 Å². The molecule has 0 aliphatic heterocycles. The van der Waals surface area contributed by atoms with Crippen LogP contribution >= 0.6 is 22.7 Å². The number of aromatic nitrogens is 8. The maximum Gasteiger partial charge on any atom is 0.116 e. The van der Waals surface area contributed by atoms with Gasteiger partial charge in [-0.25, -0.2) is 24.9 Å². The van der Waals surface area contributed by atoms with Crippen molar-refractivity contribution in [2.24, 2.45) is 0 Å². The Labute approximate surface area is 811 Å². The maximum absolute atomic E-state index is 8.49. The number of benzene rings is 15. The molecule has 1 radical (unpaired) electrons. The molecule has 135 heavy (non-hydrogen) atoms. The first-order valence-corrected chi connectivity index (χ1v) is 45.9. The third kappa shape index (κ3) is 20.2. The number of rotatable bonds is 12. The fraction of sp³-hybridized carbons (Fsp3) is 0.0984. The molecule has 0 amide bonds. The van der Waals surface area contributed by atoms with E-state index in [2.05, 4.69) is 392 Å². The van der Waals surface area contributed by atoms with E-state index in [-0.39, 0.29) is 51.5 Å². The van der Waals surface area contributed by atoms with Crippen molar-refractivity contribution in [1.29, 1.82) is 0 Å². The number of aliphatic hydroxyl groups is 2. The molecule has 1 aliphatic carbocycles. The van der Waals surface area contributed by atoms with Crippen molar-refractivity contribution in [2.45, 2.75) is 80.3 Å². The summed E-state index contributed by atoms with van der Waals surface area (Å²) in [5.74, 6) is 0.162. The molecule has 0 fully saturated rings. The predicted octanol–water partition coefficient (Wildman–Crippen LogP) is 32.8. The third-order valence-corrected chi connectivity index (χ3v) is 26.6. The van der Waals surface area contributed by atoms with Crippen molar-refractivity contribution in [3.63, 3.8) is 0 Å². The summed E-state index contributed by atoms with van der Waals surface area (Å²) >= 11 is 3.74. The van der Waals surface area contributed by atoms with Gasteiger partial charge in [0, 0.05) is 122 Å². The zero-order valence-electron chi connectivity index (χ0n) is 74.5. The molecule has 22 aromatic rings. The topological polar surface area (TPSA) is 144 Å². The van der Waals surface area contributed by atoms with E-state index in [9.17, 15) is 0 Å². The van der Waals surface area contributed by atoms with Crippen LogP contribution in [0.15, 0.2) is 425 Å². The largest absolute Gasteiger partial charge is 0.513 e. The minimum absolute atomic E-state index is 0. The molecule has 1 atom stereocenters. The van der Waals surface area contributed by atoms with Gasteiger partial charge in [0.25, 0.3) is 0 Å². The molecular formula is C122H101IrN8O2S2-. The number of allylic oxidation sites excluding steroid dienone is 1. The van der Waals surface area contributed by atoms with Gasteiger partial charge < -0.3 is 10.2 Å². The summed E-state index contributed by atoms with van der Waals surface area (Å²) in [6.07, 6.45) is 9.54. The van der Waals surface area contributed by atoms with Gasteiger partial charge in [-0.2, -0.15) is 0 Å². The number of hydrogen-bond acceptors (Lipinski definition) is 12. The zero-order valence-corrected chi connectivity index (χ0v) is 78.6. The second-order valence-corrected chi connectivity index (χ2v) is 36.5. The smallest absolute Gasteiger partial charge is 0.116 e. The van der Waals surface area contributed by atoms with Gasteiger partial charge in [-0.1, -0.05) is 341 Å². The molecule has 1 unspecified atom stereocenters. The summed E-state index contributed by atoms with van der Waals surface area (Å²) in [6, 6.07) is 138. The molecule has 0 spiro atoms. The Morgan fingerprint density at radius 1 is 0.326 bits per heavy atom. The first-order chi connectivity index (χ1) is 64.5. The average molecular weight is 1970 g/mol. The van der Waals surface area contributed by atoms with Crippen LogP contribution in [0, 0.1) is 6.07 Å². The Balaban J connectivity index is 0.000000133.